The van der Waals surface area contributed by atoms with Gasteiger partial charge < -0.3 is 29.0 Å². The smallest absolute Gasteiger partial charge is 0.258 e. The van der Waals surface area contributed by atoms with Crippen LogP contribution in [0.3, 0.4) is 0 Å². The van der Waals surface area contributed by atoms with Crippen LogP contribution in [0.2, 0.25) is 0 Å². The van der Waals surface area contributed by atoms with E-state index in [4.69, 9.17) is 23.7 Å². The fourth-order valence-corrected chi connectivity index (χ4v) is 3.43. The highest BCUT2D eigenvalue weighted by atomic mass is 16.5. The van der Waals surface area contributed by atoms with Crippen LogP contribution in [0.1, 0.15) is 5.56 Å². The summed E-state index contributed by atoms with van der Waals surface area (Å²) in [6.45, 7) is 2.29. The van der Waals surface area contributed by atoms with Gasteiger partial charge in [0.1, 0.15) is 18.1 Å². The molecule has 4 aromatic rings. The number of aryl methyl sites for hydroxylation is 1. The number of nitrogens with one attached hydrogen (secondary N) is 1. The van der Waals surface area contributed by atoms with Crippen molar-refractivity contribution < 1.29 is 28.5 Å². The molecule has 36 heavy (non-hydrogen) atoms. The molecule has 0 saturated carbocycles. The van der Waals surface area contributed by atoms with Crippen molar-refractivity contribution in [2.45, 2.75) is 6.92 Å². The fourth-order valence-electron chi connectivity index (χ4n) is 3.43. The zero-order chi connectivity index (χ0) is 25.5. The van der Waals surface area contributed by atoms with Gasteiger partial charge in [-0.2, -0.15) is 4.52 Å². The molecule has 2 aromatic heterocycles. The number of amides is 1. The van der Waals surface area contributed by atoms with Crippen molar-refractivity contribution in [3.05, 3.63) is 54.1 Å². The summed E-state index contributed by atoms with van der Waals surface area (Å²) < 4.78 is 28.9. The van der Waals surface area contributed by atoms with Crippen LogP contribution < -0.4 is 29.0 Å². The Morgan fingerprint density at radius 3 is 2.50 bits per heavy atom. The highest BCUT2D eigenvalue weighted by Crippen LogP contribution is 2.32. The van der Waals surface area contributed by atoms with Crippen molar-refractivity contribution in [1.29, 1.82) is 0 Å². The molecular formula is C25H27N5O6. The van der Waals surface area contributed by atoms with E-state index in [9.17, 15) is 4.79 Å². The zero-order valence-electron chi connectivity index (χ0n) is 20.5. The van der Waals surface area contributed by atoms with Gasteiger partial charge in [0.05, 0.1) is 33.4 Å². The molecular weight excluding hydrogens is 466 g/mol. The van der Waals surface area contributed by atoms with Crippen molar-refractivity contribution in [2.75, 3.05) is 41.1 Å². The minimum absolute atomic E-state index is 0.141. The first-order valence-electron chi connectivity index (χ1n) is 11.1. The van der Waals surface area contributed by atoms with Crippen LogP contribution in [0.5, 0.6) is 28.9 Å². The molecule has 4 rings (SSSR count). The van der Waals surface area contributed by atoms with Gasteiger partial charge in [-0.05, 0) is 42.8 Å². The van der Waals surface area contributed by atoms with Gasteiger partial charge in [0, 0.05) is 12.1 Å². The Morgan fingerprint density at radius 2 is 1.72 bits per heavy atom. The molecule has 188 valence electrons. The number of nitrogens with zero attached hydrogens (tertiary/aromatic N) is 4. The number of hydrogen-bond donors (Lipinski definition) is 1. The van der Waals surface area contributed by atoms with E-state index in [1.165, 1.54) is 0 Å². The number of hydrogen-bond acceptors (Lipinski definition) is 9. The Morgan fingerprint density at radius 1 is 0.889 bits per heavy atom. The average molecular weight is 494 g/mol. The maximum Gasteiger partial charge on any atom is 0.258 e. The van der Waals surface area contributed by atoms with Crippen molar-refractivity contribution in [3.8, 4) is 40.3 Å². The minimum Gasteiger partial charge on any atom is -0.497 e. The van der Waals surface area contributed by atoms with Crippen LogP contribution in [-0.4, -0.2) is 66.8 Å². The molecule has 11 heteroatoms. The highest BCUT2D eigenvalue weighted by Gasteiger charge is 2.16. The van der Waals surface area contributed by atoms with E-state index in [2.05, 4.69) is 20.6 Å². The first-order chi connectivity index (χ1) is 17.5. The predicted octanol–water partition coefficient (Wildman–Crippen LogP) is 2.70. The minimum atomic E-state index is -0.280. The van der Waals surface area contributed by atoms with Crippen molar-refractivity contribution in [3.63, 3.8) is 0 Å². The molecule has 11 nitrogen and oxygen atoms in total. The van der Waals surface area contributed by atoms with E-state index >= 15 is 0 Å². The molecule has 0 spiro atoms. The van der Waals surface area contributed by atoms with E-state index in [-0.39, 0.29) is 25.7 Å². The van der Waals surface area contributed by atoms with Crippen LogP contribution in [0.4, 0.5) is 0 Å². The number of carbonyl (C=O) groups excluding carboxylic acids is 1. The van der Waals surface area contributed by atoms with Gasteiger partial charge in [0.2, 0.25) is 5.88 Å². The summed E-state index contributed by atoms with van der Waals surface area (Å²) in [5.41, 5.74) is 2.29. The van der Waals surface area contributed by atoms with Crippen LogP contribution in [0.25, 0.3) is 17.0 Å². The second-order valence-corrected chi connectivity index (χ2v) is 7.67. The molecule has 0 fully saturated rings. The van der Waals surface area contributed by atoms with Gasteiger partial charge in [-0.3, -0.25) is 4.79 Å². The predicted molar refractivity (Wildman–Crippen MR) is 131 cm³/mol. The molecule has 0 aliphatic carbocycles. The molecule has 0 unspecified atom stereocenters. The van der Waals surface area contributed by atoms with E-state index in [1.807, 2.05) is 25.1 Å². The standard InChI is InChI=1S/C25H27N5O6/c1-16-5-8-19(21(13-16)34-4)36-15-23(31)26-11-12-35-24-10-9-22-27-28-25(30(22)29-24)18-7-6-17(32-2)14-20(18)33-3/h5-10,13-14H,11-12,15H2,1-4H3,(H,26,31). The summed E-state index contributed by atoms with van der Waals surface area (Å²) in [7, 11) is 4.71. The van der Waals surface area contributed by atoms with E-state index < -0.39 is 0 Å². The van der Waals surface area contributed by atoms with E-state index in [1.54, 1.807) is 56.2 Å². The molecule has 0 aliphatic heterocycles. The Hall–Kier alpha value is -4.54. The maximum atomic E-state index is 12.2. The number of fused-ring (bicyclic) bond motifs is 1. The Kier molecular flexibility index (Phi) is 7.69. The third-order valence-corrected chi connectivity index (χ3v) is 5.24. The molecule has 2 heterocycles. The van der Waals surface area contributed by atoms with Crippen molar-refractivity contribution in [1.82, 2.24) is 25.1 Å². The Labute approximate surface area is 207 Å². The van der Waals surface area contributed by atoms with E-state index in [0.29, 0.717) is 45.9 Å². The summed E-state index contributed by atoms with van der Waals surface area (Å²) in [6, 6.07) is 14.3. The van der Waals surface area contributed by atoms with Crippen LogP contribution in [0, 0.1) is 6.92 Å². The number of aromatic nitrogens is 4. The third-order valence-electron chi connectivity index (χ3n) is 5.24. The number of benzene rings is 2. The molecule has 0 aliphatic rings. The van der Waals surface area contributed by atoms with Gasteiger partial charge in [-0.25, -0.2) is 0 Å². The molecule has 1 N–H and O–H groups in total. The highest BCUT2D eigenvalue weighted by molar-refractivity contribution is 5.77. The summed E-state index contributed by atoms with van der Waals surface area (Å²) in [5, 5.41) is 15.6. The normalized spacial score (nSPS) is 10.7. The molecule has 2 aromatic carbocycles. The van der Waals surface area contributed by atoms with Crippen LogP contribution in [-0.2, 0) is 4.79 Å². The van der Waals surface area contributed by atoms with Crippen molar-refractivity contribution >= 4 is 11.6 Å². The largest absolute Gasteiger partial charge is 0.497 e. The lowest BCUT2D eigenvalue weighted by atomic mass is 10.2. The number of rotatable bonds is 11. The molecule has 1 amide bonds. The first kappa shape index (κ1) is 24.6. The number of ether oxygens (including phenoxy) is 5. The molecule has 0 atom stereocenters. The van der Waals surface area contributed by atoms with Crippen LogP contribution in [0.15, 0.2) is 48.5 Å². The van der Waals surface area contributed by atoms with Crippen LogP contribution >= 0.6 is 0 Å². The van der Waals surface area contributed by atoms with Crippen molar-refractivity contribution in [2.24, 2.45) is 0 Å². The number of carbonyl (C=O) groups is 1. The van der Waals surface area contributed by atoms with Gasteiger partial charge in [-0.15, -0.1) is 15.3 Å². The lowest BCUT2D eigenvalue weighted by molar-refractivity contribution is -0.123. The quantitative estimate of drug-likeness (QED) is 0.315. The number of methoxy groups -OCH3 is 3. The summed E-state index contributed by atoms with van der Waals surface area (Å²) >= 11 is 0. The Balaban J connectivity index is 1.34. The first-order valence-corrected chi connectivity index (χ1v) is 11.1. The monoisotopic (exact) mass is 493 g/mol. The lowest BCUT2D eigenvalue weighted by Crippen LogP contribution is -2.32. The molecule has 0 bridgehead atoms. The maximum absolute atomic E-state index is 12.2. The second kappa shape index (κ2) is 11.3. The zero-order valence-corrected chi connectivity index (χ0v) is 20.5. The third kappa shape index (κ3) is 5.57. The van der Waals surface area contributed by atoms with Gasteiger partial charge >= 0.3 is 0 Å². The van der Waals surface area contributed by atoms with Gasteiger partial charge in [-0.1, -0.05) is 6.07 Å². The molecule has 0 saturated heterocycles. The molecule has 0 radical (unpaired) electrons. The topological polar surface area (TPSA) is 118 Å². The van der Waals surface area contributed by atoms with E-state index in [0.717, 1.165) is 5.56 Å². The summed E-state index contributed by atoms with van der Waals surface area (Å²) in [6.07, 6.45) is 0. The Bertz CT molecular complexity index is 1360. The average Bonchev–Trinajstić information content (AvgIpc) is 3.32. The lowest BCUT2D eigenvalue weighted by Gasteiger charge is -2.12. The summed E-state index contributed by atoms with van der Waals surface area (Å²) in [4.78, 5) is 12.2. The van der Waals surface area contributed by atoms with Gasteiger partial charge in [0.15, 0.2) is 29.6 Å². The fraction of sp³-hybridized carbons (Fsp3) is 0.280. The van der Waals surface area contributed by atoms with Gasteiger partial charge in [0.25, 0.3) is 5.91 Å². The summed E-state index contributed by atoms with van der Waals surface area (Å²) in [5.74, 6) is 2.88. The second-order valence-electron chi connectivity index (χ2n) is 7.67. The SMILES string of the molecule is COc1ccc(-c2nnc3ccc(OCCNC(=O)COc4ccc(C)cc4OC)nn23)c(OC)c1.